The second kappa shape index (κ2) is 6.83. The fourth-order valence-electron chi connectivity index (χ4n) is 2.86. The van der Waals surface area contributed by atoms with Crippen LogP contribution >= 0.6 is 0 Å². The Bertz CT molecular complexity index is 579. The van der Waals surface area contributed by atoms with Crippen molar-refractivity contribution in [3.05, 3.63) is 35.6 Å². The second-order valence-electron chi connectivity index (χ2n) is 5.59. The van der Waals surface area contributed by atoms with E-state index < -0.39 is 10.2 Å². The van der Waals surface area contributed by atoms with Crippen molar-refractivity contribution in [3.63, 3.8) is 0 Å². The van der Waals surface area contributed by atoms with Gasteiger partial charge in [-0.3, -0.25) is 4.90 Å². The van der Waals surface area contributed by atoms with Gasteiger partial charge in [0.05, 0.1) is 0 Å². The number of hydrogen-bond acceptors (Lipinski definition) is 3. The Hall–Kier alpha value is -1.02. The van der Waals surface area contributed by atoms with E-state index in [1.54, 1.807) is 12.1 Å². The fourth-order valence-corrected chi connectivity index (χ4v) is 3.33. The molecule has 0 aliphatic carbocycles. The number of rotatable bonds is 5. The summed E-state index contributed by atoms with van der Waals surface area (Å²) in [5.41, 5.74) is 0.678. The Morgan fingerprint density at radius 1 is 1.48 bits per heavy atom. The highest BCUT2D eigenvalue weighted by atomic mass is 32.2. The third-order valence-electron chi connectivity index (χ3n) is 4.03. The van der Waals surface area contributed by atoms with Crippen LogP contribution in [0.15, 0.2) is 24.3 Å². The summed E-state index contributed by atoms with van der Waals surface area (Å²) in [6, 6.07) is 6.75. The van der Waals surface area contributed by atoms with Gasteiger partial charge in [0.25, 0.3) is 10.2 Å². The summed E-state index contributed by atoms with van der Waals surface area (Å²) >= 11 is 0. The molecule has 2 rings (SSSR count). The van der Waals surface area contributed by atoms with E-state index in [4.69, 9.17) is 5.14 Å². The highest BCUT2D eigenvalue weighted by molar-refractivity contribution is 7.87. The second-order valence-corrected chi connectivity index (χ2v) is 6.97. The number of benzene rings is 1. The van der Waals surface area contributed by atoms with E-state index in [2.05, 4.69) is 9.62 Å². The standard InChI is InChI=1S/C14H22FN3O2S/c1-11(13-6-2-3-7-14(13)15)18-8-4-5-12(10-18)9-17-21(16,19)20/h2-3,6-7,11-12,17H,4-5,8-10H2,1H3,(H2,16,19,20)/t11-,12+/m1/s1. The van der Waals surface area contributed by atoms with Gasteiger partial charge in [-0.05, 0) is 38.3 Å². The van der Waals surface area contributed by atoms with Gasteiger partial charge in [0.1, 0.15) is 5.82 Å². The summed E-state index contributed by atoms with van der Waals surface area (Å²) in [5, 5.41) is 4.96. The molecule has 1 aromatic carbocycles. The van der Waals surface area contributed by atoms with Crippen LogP contribution in [0.25, 0.3) is 0 Å². The first kappa shape index (κ1) is 16.4. The normalized spacial score (nSPS) is 22.1. The minimum absolute atomic E-state index is 0.0246. The van der Waals surface area contributed by atoms with Crippen LogP contribution in [-0.4, -0.2) is 33.0 Å². The molecule has 0 aromatic heterocycles. The van der Waals surface area contributed by atoms with Crippen LogP contribution in [0, 0.1) is 11.7 Å². The summed E-state index contributed by atoms with van der Waals surface area (Å²) in [4.78, 5) is 2.19. The Morgan fingerprint density at radius 2 is 2.19 bits per heavy atom. The highest BCUT2D eigenvalue weighted by Crippen LogP contribution is 2.27. The summed E-state index contributed by atoms with van der Waals surface area (Å²) in [5.74, 6) is 0.00100. The average molecular weight is 315 g/mol. The molecule has 7 heteroatoms. The van der Waals surface area contributed by atoms with Crippen molar-refractivity contribution in [2.24, 2.45) is 11.1 Å². The summed E-state index contributed by atoms with van der Waals surface area (Å²) in [7, 11) is -3.65. The van der Waals surface area contributed by atoms with Crippen LogP contribution in [0.2, 0.25) is 0 Å². The number of hydrogen-bond donors (Lipinski definition) is 2. The molecule has 0 unspecified atom stereocenters. The lowest BCUT2D eigenvalue weighted by Gasteiger charge is -2.37. The number of nitrogens with two attached hydrogens (primary N) is 1. The molecule has 0 amide bonds. The Kier molecular flexibility index (Phi) is 5.32. The molecule has 1 aromatic rings. The first-order valence-electron chi connectivity index (χ1n) is 7.12. The molecule has 0 radical (unpaired) electrons. The lowest BCUT2D eigenvalue weighted by molar-refractivity contribution is 0.131. The molecule has 5 nitrogen and oxygen atoms in total. The summed E-state index contributed by atoms with van der Waals surface area (Å²) < 4.78 is 38.1. The first-order chi connectivity index (χ1) is 9.87. The molecule has 1 heterocycles. The van der Waals surface area contributed by atoms with Gasteiger partial charge >= 0.3 is 0 Å². The summed E-state index contributed by atoms with van der Waals surface area (Å²) in [6.45, 7) is 3.94. The zero-order chi connectivity index (χ0) is 15.5. The predicted molar refractivity (Wildman–Crippen MR) is 80.2 cm³/mol. The quantitative estimate of drug-likeness (QED) is 0.862. The number of likely N-dealkylation sites (tertiary alicyclic amines) is 1. The van der Waals surface area contributed by atoms with Crippen LogP contribution in [-0.2, 0) is 10.2 Å². The van der Waals surface area contributed by atoms with Gasteiger partial charge < -0.3 is 0 Å². The first-order valence-corrected chi connectivity index (χ1v) is 8.67. The zero-order valence-electron chi connectivity index (χ0n) is 12.1. The molecule has 1 saturated heterocycles. The lowest BCUT2D eigenvalue weighted by Crippen LogP contribution is -2.43. The molecule has 0 spiro atoms. The monoisotopic (exact) mass is 315 g/mol. The fraction of sp³-hybridized carbons (Fsp3) is 0.571. The maximum absolute atomic E-state index is 13.9. The van der Waals surface area contributed by atoms with E-state index in [-0.39, 0.29) is 17.8 Å². The van der Waals surface area contributed by atoms with E-state index in [0.29, 0.717) is 12.1 Å². The van der Waals surface area contributed by atoms with Gasteiger partial charge in [0, 0.05) is 24.7 Å². The van der Waals surface area contributed by atoms with Gasteiger partial charge in [-0.25, -0.2) is 14.3 Å². The van der Waals surface area contributed by atoms with Crippen molar-refractivity contribution >= 4 is 10.2 Å². The molecule has 1 fully saturated rings. The van der Waals surface area contributed by atoms with E-state index in [9.17, 15) is 12.8 Å². The van der Waals surface area contributed by atoms with E-state index in [1.807, 2.05) is 13.0 Å². The minimum Gasteiger partial charge on any atom is -0.296 e. The number of halogens is 1. The molecule has 118 valence electrons. The maximum atomic E-state index is 13.9. The third kappa shape index (κ3) is 4.74. The van der Waals surface area contributed by atoms with E-state index in [1.165, 1.54) is 6.07 Å². The van der Waals surface area contributed by atoms with Gasteiger partial charge in [-0.15, -0.1) is 0 Å². The van der Waals surface area contributed by atoms with Crippen molar-refractivity contribution in [2.75, 3.05) is 19.6 Å². The molecule has 1 aliphatic heterocycles. The average Bonchev–Trinajstić information content (AvgIpc) is 2.44. The van der Waals surface area contributed by atoms with Crippen molar-refractivity contribution in [3.8, 4) is 0 Å². The molecule has 1 aliphatic rings. The topological polar surface area (TPSA) is 75.4 Å². The number of nitrogens with one attached hydrogen (secondary N) is 1. The Labute approximate surface area is 125 Å². The minimum atomic E-state index is -3.65. The molecule has 21 heavy (non-hydrogen) atoms. The third-order valence-corrected chi connectivity index (χ3v) is 4.60. The molecule has 3 N–H and O–H groups in total. The highest BCUT2D eigenvalue weighted by Gasteiger charge is 2.26. The Morgan fingerprint density at radius 3 is 2.86 bits per heavy atom. The van der Waals surface area contributed by atoms with Crippen LogP contribution in [0.3, 0.4) is 0 Å². The number of nitrogens with zero attached hydrogens (tertiary/aromatic N) is 1. The van der Waals surface area contributed by atoms with Crippen LogP contribution in [0.4, 0.5) is 4.39 Å². The molecular weight excluding hydrogens is 293 g/mol. The van der Waals surface area contributed by atoms with E-state index in [0.717, 1.165) is 25.9 Å². The van der Waals surface area contributed by atoms with Crippen LogP contribution in [0.1, 0.15) is 31.4 Å². The van der Waals surface area contributed by atoms with Crippen LogP contribution < -0.4 is 9.86 Å². The van der Waals surface area contributed by atoms with Gasteiger partial charge in [-0.1, -0.05) is 18.2 Å². The number of piperidine rings is 1. The van der Waals surface area contributed by atoms with Crippen molar-refractivity contribution in [2.45, 2.75) is 25.8 Å². The molecule has 2 atom stereocenters. The lowest BCUT2D eigenvalue weighted by atomic mass is 9.95. The van der Waals surface area contributed by atoms with Crippen molar-refractivity contribution in [1.82, 2.24) is 9.62 Å². The van der Waals surface area contributed by atoms with Crippen molar-refractivity contribution < 1.29 is 12.8 Å². The van der Waals surface area contributed by atoms with Gasteiger partial charge in [0.15, 0.2) is 0 Å². The van der Waals surface area contributed by atoms with Gasteiger partial charge in [0.2, 0.25) is 0 Å². The van der Waals surface area contributed by atoms with Crippen molar-refractivity contribution in [1.29, 1.82) is 0 Å². The van der Waals surface area contributed by atoms with Gasteiger partial charge in [-0.2, -0.15) is 8.42 Å². The predicted octanol–water partition coefficient (Wildman–Crippen LogP) is 1.39. The zero-order valence-corrected chi connectivity index (χ0v) is 12.9. The smallest absolute Gasteiger partial charge is 0.274 e. The van der Waals surface area contributed by atoms with Crippen LogP contribution in [0.5, 0.6) is 0 Å². The molecule has 0 saturated carbocycles. The SMILES string of the molecule is C[C@H](c1ccccc1F)N1CCC[C@@H](CNS(N)(=O)=O)C1. The largest absolute Gasteiger partial charge is 0.296 e. The maximum Gasteiger partial charge on any atom is 0.274 e. The van der Waals surface area contributed by atoms with E-state index >= 15 is 0 Å². The summed E-state index contributed by atoms with van der Waals surface area (Å²) in [6.07, 6.45) is 1.92. The Balaban J connectivity index is 1.99. The molecule has 0 bridgehead atoms. The molecular formula is C14H22FN3O2S.